The standard InChI is InChI=1S/C12H23F3N2/c1-2-11-4-3-7-17(8-5-11)9-6-16-10-12(13,14)15/h11,16H,2-10H2,1H3. The van der Waals surface area contributed by atoms with Crippen molar-refractivity contribution < 1.29 is 13.2 Å². The zero-order chi connectivity index (χ0) is 12.7. The molecule has 1 atom stereocenters. The number of nitrogens with one attached hydrogen (secondary N) is 1. The Morgan fingerprint density at radius 3 is 2.65 bits per heavy atom. The highest BCUT2D eigenvalue weighted by Crippen LogP contribution is 2.19. The smallest absolute Gasteiger partial charge is 0.307 e. The quantitative estimate of drug-likeness (QED) is 0.757. The second-order valence-corrected chi connectivity index (χ2v) is 4.84. The minimum Gasteiger partial charge on any atom is -0.307 e. The molecule has 2 nitrogen and oxygen atoms in total. The highest BCUT2D eigenvalue weighted by atomic mass is 19.4. The van der Waals surface area contributed by atoms with E-state index in [4.69, 9.17) is 0 Å². The number of likely N-dealkylation sites (tertiary alicyclic amines) is 1. The molecule has 1 saturated heterocycles. The molecule has 0 aromatic rings. The molecule has 0 aliphatic carbocycles. The second-order valence-electron chi connectivity index (χ2n) is 4.84. The molecule has 0 saturated carbocycles. The second kappa shape index (κ2) is 7.21. The first kappa shape index (κ1) is 14.8. The largest absolute Gasteiger partial charge is 0.401 e. The van der Waals surface area contributed by atoms with Crippen LogP contribution in [0.3, 0.4) is 0 Å². The summed E-state index contributed by atoms with van der Waals surface area (Å²) >= 11 is 0. The molecular formula is C12H23F3N2. The van der Waals surface area contributed by atoms with E-state index in [-0.39, 0.29) is 0 Å². The van der Waals surface area contributed by atoms with E-state index >= 15 is 0 Å². The van der Waals surface area contributed by atoms with Crippen LogP contribution in [0, 0.1) is 5.92 Å². The van der Waals surface area contributed by atoms with E-state index in [0.29, 0.717) is 6.54 Å². The number of alkyl halides is 3. The summed E-state index contributed by atoms with van der Waals surface area (Å²) < 4.78 is 35.7. The van der Waals surface area contributed by atoms with Crippen molar-refractivity contribution in [2.45, 2.75) is 38.8 Å². The Bertz CT molecular complexity index is 206. The molecule has 1 N–H and O–H groups in total. The summed E-state index contributed by atoms with van der Waals surface area (Å²) in [5.74, 6) is 0.808. The molecule has 1 rings (SSSR count). The van der Waals surface area contributed by atoms with Crippen molar-refractivity contribution in [1.29, 1.82) is 0 Å². The van der Waals surface area contributed by atoms with Gasteiger partial charge in [0.15, 0.2) is 0 Å². The van der Waals surface area contributed by atoms with E-state index in [0.717, 1.165) is 25.6 Å². The molecule has 1 aliphatic heterocycles. The molecule has 0 bridgehead atoms. The summed E-state index contributed by atoms with van der Waals surface area (Å²) in [5, 5.41) is 2.45. The maximum atomic E-state index is 11.9. The van der Waals surface area contributed by atoms with Crippen molar-refractivity contribution in [3.05, 3.63) is 0 Å². The van der Waals surface area contributed by atoms with Crippen LogP contribution in [0.1, 0.15) is 32.6 Å². The van der Waals surface area contributed by atoms with Gasteiger partial charge in [-0.05, 0) is 38.3 Å². The Morgan fingerprint density at radius 1 is 1.24 bits per heavy atom. The summed E-state index contributed by atoms with van der Waals surface area (Å²) in [5.41, 5.74) is 0. The number of rotatable bonds is 5. The number of hydrogen-bond acceptors (Lipinski definition) is 2. The van der Waals surface area contributed by atoms with Gasteiger partial charge in [-0.3, -0.25) is 0 Å². The fraction of sp³-hybridized carbons (Fsp3) is 1.00. The predicted molar refractivity (Wildman–Crippen MR) is 63.0 cm³/mol. The Morgan fingerprint density at radius 2 is 2.00 bits per heavy atom. The van der Waals surface area contributed by atoms with E-state index in [1.807, 2.05) is 0 Å². The first-order valence-electron chi connectivity index (χ1n) is 6.51. The van der Waals surface area contributed by atoms with E-state index in [2.05, 4.69) is 17.1 Å². The van der Waals surface area contributed by atoms with Gasteiger partial charge >= 0.3 is 6.18 Å². The van der Waals surface area contributed by atoms with Crippen LogP contribution in [0.4, 0.5) is 13.2 Å². The Balaban J connectivity index is 2.11. The van der Waals surface area contributed by atoms with Crippen molar-refractivity contribution >= 4 is 0 Å². The molecule has 1 heterocycles. The highest BCUT2D eigenvalue weighted by Gasteiger charge is 2.26. The Labute approximate surface area is 102 Å². The van der Waals surface area contributed by atoms with Gasteiger partial charge in [0.2, 0.25) is 0 Å². The van der Waals surface area contributed by atoms with Crippen LogP contribution in [0.15, 0.2) is 0 Å². The number of nitrogens with zero attached hydrogens (tertiary/aromatic N) is 1. The van der Waals surface area contributed by atoms with Gasteiger partial charge in [-0.15, -0.1) is 0 Å². The fourth-order valence-corrected chi connectivity index (χ4v) is 2.32. The van der Waals surface area contributed by atoms with Gasteiger partial charge in [0.1, 0.15) is 0 Å². The van der Waals surface area contributed by atoms with Gasteiger partial charge in [0, 0.05) is 13.1 Å². The lowest BCUT2D eigenvalue weighted by Crippen LogP contribution is -2.36. The van der Waals surface area contributed by atoms with Crippen molar-refractivity contribution in [2.75, 3.05) is 32.7 Å². The molecule has 0 amide bonds. The third kappa shape index (κ3) is 6.88. The summed E-state index contributed by atoms with van der Waals surface area (Å²) in [7, 11) is 0. The average molecular weight is 252 g/mol. The van der Waals surface area contributed by atoms with Gasteiger partial charge in [-0.2, -0.15) is 13.2 Å². The first-order chi connectivity index (χ1) is 8.01. The lowest BCUT2D eigenvalue weighted by Gasteiger charge is -2.20. The summed E-state index contributed by atoms with van der Waals surface area (Å²) in [4.78, 5) is 2.28. The first-order valence-corrected chi connectivity index (χ1v) is 6.51. The van der Waals surface area contributed by atoms with Gasteiger partial charge < -0.3 is 10.2 Å². The molecule has 1 fully saturated rings. The van der Waals surface area contributed by atoms with Crippen LogP contribution in [-0.4, -0.2) is 43.8 Å². The van der Waals surface area contributed by atoms with Crippen molar-refractivity contribution in [2.24, 2.45) is 5.92 Å². The van der Waals surface area contributed by atoms with Gasteiger partial charge in [-0.1, -0.05) is 13.3 Å². The van der Waals surface area contributed by atoms with Crippen molar-refractivity contribution in [3.8, 4) is 0 Å². The maximum absolute atomic E-state index is 11.9. The van der Waals surface area contributed by atoms with E-state index in [9.17, 15) is 13.2 Å². The van der Waals surface area contributed by atoms with Crippen molar-refractivity contribution in [1.82, 2.24) is 10.2 Å². The van der Waals surface area contributed by atoms with Gasteiger partial charge in [-0.25, -0.2) is 0 Å². The summed E-state index contributed by atoms with van der Waals surface area (Å²) in [6, 6.07) is 0. The van der Waals surface area contributed by atoms with Gasteiger partial charge in [0.05, 0.1) is 6.54 Å². The highest BCUT2D eigenvalue weighted by molar-refractivity contribution is 4.70. The van der Waals surface area contributed by atoms with E-state index < -0.39 is 12.7 Å². The molecule has 0 spiro atoms. The summed E-state index contributed by atoms with van der Waals surface area (Å²) in [6.07, 6.45) is 0.767. The third-order valence-electron chi connectivity index (χ3n) is 3.45. The summed E-state index contributed by atoms with van der Waals surface area (Å²) in [6.45, 7) is 4.56. The van der Waals surface area contributed by atoms with E-state index in [1.54, 1.807) is 0 Å². The normalized spacial score (nSPS) is 23.6. The SMILES string of the molecule is CCC1CCCN(CCNCC(F)(F)F)CC1. The molecule has 102 valence electrons. The molecule has 1 unspecified atom stereocenters. The fourth-order valence-electron chi connectivity index (χ4n) is 2.32. The monoisotopic (exact) mass is 252 g/mol. The van der Waals surface area contributed by atoms with E-state index in [1.165, 1.54) is 25.7 Å². The zero-order valence-corrected chi connectivity index (χ0v) is 10.5. The number of halogens is 3. The lowest BCUT2D eigenvalue weighted by atomic mass is 9.98. The topological polar surface area (TPSA) is 15.3 Å². The predicted octanol–water partition coefficient (Wildman–Crippen LogP) is 2.65. The maximum Gasteiger partial charge on any atom is 0.401 e. The van der Waals surface area contributed by atoms with Crippen LogP contribution in [0.2, 0.25) is 0 Å². The molecule has 0 aromatic heterocycles. The molecule has 0 radical (unpaired) electrons. The molecule has 17 heavy (non-hydrogen) atoms. The van der Waals surface area contributed by atoms with Crippen LogP contribution >= 0.6 is 0 Å². The average Bonchev–Trinajstić information content (AvgIpc) is 2.48. The third-order valence-corrected chi connectivity index (χ3v) is 3.45. The van der Waals surface area contributed by atoms with Crippen LogP contribution in [0.25, 0.3) is 0 Å². The molecule has 0 aromatic carbocycles. The Kier molecular flexibility index (Phi) is 6.27. The molecule has 1 aliphatic rings. The van der Waals surface area contributed by atoms with Crippen LogP contribution < -0.4 is 5.32 Å². The zero-order valence-electron chi connectivity index (χ0n) is 10.5. The minimum atomic E-state index is -4.09. The minimum absolute atomic E-state index is 0.427. The molecular weight excluding hydrogens is 229 g/mol. The number of hydrogen-bond donors (Lipinski definition) is 1. The van der Waals surface area contributed by atoms with Gasteiger partial charge in [0.25, 0.3) is 0 Å². The molecule has 5 heteroatoms. The van der Waals surface area contributed by atoms with Crippen LogP contribution in [0.5, 0.6) is 0 Å². The lowest BCUT2D eigenvalue weighted by molar-refractivity contribution is -0.124. The Hall–Kier alpha value is -0.290. The van der Waals surface area contributed by atoms with Crippen LogP contribution in [-0.2, 0) is 0 Å². The van der Waals surface area contributed by atoms with Crippen molar-refractivity contribution in [3.63, 3.8) is 0 Å².